The van der Waals surface area contributed by atoms with Crippen molar-refractivity contribution in [2.75, 3.05) is 11.9 Å². The van der Waals surface area contributed by atoms with Crippen molar-refractivity contribution >= 4 is 17.3 Å². The van der Waals surface area contributed by atoms with Crippen molar-refractivity contribution < 1.29 is 8.78 Å². The summed E-state index contributed by atoms with van der Waals surface area (Å²) in [6.45, 7) is 0.588. The molecule has 1 aliphatic heterocycles. The van der Waals surface area contributed by atoms with Crippen LogP contribution in [0.3, 0.4) is 0 Å². The molecular formula is C10H10ClF2N. The number of rotatable bonds is 0. The lowest BCUT2D eigenvalue weighted by Crippen LogP contribution is -2.12. The average molecular weight is 218 g/mol. The maximum atomic E-state index is 13.5. The van der Waals surface area contributed by atoms with Gasteiger partial charge < -0.3 is 5.32 Å². The van der Waals surface area contributed by atoms with Crippen LogP contribution in [-0.4, -0.2) is 6.54 Å². The first-order valence-corrected chi connectivity index (χ1v) is 4.89. The summed E-state index contributed by atoms with van der Waals surface area (Å²) in [7, 11) is 0. The average Bonchev–Trinajstić information content (AvgIpc) is 2.26. The highest BCUT2D eigenvalue weighted by Crippen LogP contribution is 2.40. The van der Waals surface area contributed by atoms with Crippen molar-refractivity contribution in [3.8, 4) is 0 Å². The van der Waals surface area contributed by atoms with Gasteiger partial charge >= 0.3 is 0 Å². The van der Waals surface area contributed by atoms with E-state index in [-0.39, 0.29) is 12.0 Å². The van der Waals surface area contributed by atoms with Gasteiger partial charge in [0, 0.05) is 29.2 Å². The molecule has 0 amide bonds. The van der Waals surface area contributed by atoms with Crippen LogP contribution in [0.15, 0.2) is 18.2 Å². The van der Waals surface area contributed by atoms with E-state index in [1.54, 1.807) is 12.1 Å². The van der Waals surface area contributed by atoms with Crippen LogP contribution in [-0.2, 0) is 5.92 Å². The Morgan fingerprint density at radius 3 is 2.93 bits per heavy atom. The molecule has 2 rings (SSSR count). The van der Waals surface area contributed by atoms with Crippen molar-refractivity contribution in [1.82, 2.24) is 0 Å². The van der Waals surface area contributed by atoms with E-state index < -0.39 is 5.92 Å². The quantitative estimate of drug-likeness (QED) is 0.700. The van der Waals surface area contributed by atoms with Gasteiger partial charge in [0.15, 0.2) is 0 Å². The molecule has 0 saturated carbocycles. The van der Waals surface area contributed by atoms with Gasteiger partial charge in [0.25, 0.3) is 5.92 Å². The summed E-state index contributed by atoms with van der Waals surface area (Å²) in [4.78, 5) is 0. The largest absolute Gasteiger partial charge is 0.385 e. The second kappa shape index (κ2) is 3.39. The molecular weight excluding hydrogens is 208 g/mol. The highest BCUT2D eigenvalue weighted by Gasteiger charge is 2.35. The molecule has 1 nitrogen and oxygen atoms in total. The molecule has 0 aliphatic carbocycles. The molecule has 1 aromatic rings. The second-order valence-corrected chi connectivity index (χ2v) is 3.86. The van der Waals surface area contributed by atoms with Crippen LogP contribution >= 0.6 is 11.6 Å². The number of nitrogens with one attached hydrogen (secondary N) is 1. The summed E-state index contributed by atoms with van der Waals surface area (Å²) >= 11 is 5.70. The minimum Gasteiger partial charge on any atom is -0.385 e. The molecule has 76 valence electrons. The predicted octanol–water partition coefficient (Wildman–Crippen LogP) is 3.64. The highest BCUT2D eigenvalue weighted by molar-refractivity contribution is 6.30. The number of benzene rings is 1. The molecule has 0 atom stereocenters. The summed E-state index contributed by atoms with van der Waals surface area (Å²) in [5.74, 6) is -2.76. The molecule has 4 heteroatoms. The van der Waals surface area contributed by atoms with E-state index in [1.807, 2.05) is 0 Å². The van der Waals surface area contributed by atoms with Gasteiger partial charge in [-0.3, -0.25) is 0 Å². The normalized spacial score (nSPS) is 19.4. The summed E-state index contributed by atoms with van der Waals surface area (Å²) in [5.41, 5.74) is 0.513. The van der Waals surface area contributed by atoms with E-state index in [2.05, 4.69) is 5.32 Å². The Hall–Kier alpha value is -0.830. The lowest BCUT2D eigenvalue weighted by atomic mass is 10.0. The first kappa shape index (κ1) is 9.71. The number of fused-ring (bicyclic) bond motifs is 1. The van der Waals surface area contributed by atoms with Crippen LogP contribution in [0.25, 0.3) is 0 Å². The number of halogens is 3. The van der Waals surface area contributed by atoms with Crippen molar-refractivity contribution in [3.63, 3.8) is 0 Å². The zero-order valence-corrected chi connectivity index (χ0v) is 8.24. The van der Waals surface area contributed by atoms with Crippen molar-refractivity contribution in [2.24, 2.45) is 0 Å². The third kappa shape index (κ3) is 1.69. The zero-order valence-electron chi connectivity index (χ0n) is 7.49. The molecule has 1 N–H and O–H groups in total. The fourth-order valence-corrected chi connectivity index (χ4v) is 1.81. The third-order valence-electron chi connectivity index (χ3n) is 2.36. The second-order valence-electron chi connectivity index (χ2n) is 3.42. The Bertz CT molecular complexity index is 352. The van der Waals surface area contributed by atoms with Gasteiger partial charge in [-0.15, -0.1) is 0 Å². The van der Waals surface area contributed by atoms with Crippen LogP contribution in [0.2, 0.25) is 5.02 Å². The molecule has 0 aromatic heterocycles. The van der Waals surface area contributed by atoms with E-state index in [0.717, 1.165) is 0 Å². The van der Waals surface area contributed by atoms with E-state index in [9.17, 15) is 8.78 Å². The first-order chi connectivity index (χ1) is 6.59. The van der Waals surface area contributed by atoms with Gasteiger partial charge in [0.2, 0.25) is 0 Å². The molecule has 0 spiro atoms. The van der Waals surface area contributed by atoms with Crippen LogP contribution in [0.5, 0.6) is 0 Å². The van der Waals surface area contributed by atoms with Gasteiger partial charge in [-0.05, 0) is 24.6 Å². The Morgan fingerprint density at radius 1 is 1.36 bits per heavy atom. The van der Waals surface area contributed by atoms with Gasteiger partial charge in [0.1, 0.15) is 0 Å². The Balaban J connectivity index is 2.52. The minimum absolute atomic E-state index is 0.0162. The Labute approximate surface area is 86.1 Å². The fraction of sp³-hybridized carbons (Fsp3) is 0.400. The number of anilines is 1. The summed E-state index contributed by atoms with van der Waals surface area (Å²) in [6.07, 6.45) is 0.354. The van der Waals surface area contributed by atoms with Gasteiger partial charge in [-0.25, -0.2) is 8.78 Å². The predicted molar refractivity (Wildman–Crippen MR) is 53.1 cm³/mol. The molecule has 0 unspecified atom stereocenters. The monoisotopic (exact) mass is 217 g/mol. The standard InChI is InChI=1S/C10H10ClF2N/c11-7-2-3-9-8(6-7)10(12,13)4-1-5-14-9/h2-3,6,14H,1,4-5H2. The molecule has 14 heavy (non-hydrogen) atoms. The van der Waals surface area contributed by atoms with Gasteiger partial charge in [-0.1, -0.05) is 11.6 Å². The molecule has 1 aromatic carbocycles. The number of hydrogen-bond donors (Lipinski definition) is 1. The molecule has 0 bridgehead atoms. The molecule has 0 fully saturated rings. The zero-order chi connectivity index (χ0) is 10.2. The smallest absolute Gasteiger partial charge is 0.275 e. The van der Waals surface area contributed by atoms with Crippen molar-refractivity contribution in [2.45, 2.75) is 18.8 Å². The van der Waals surface area contributed by atoms with Crippen LogP contribution in [0.1, 0.15) is 18.4 Å². The van der Waals surface area contributed by atoms with Crippen LogP contribution in [0, 0.1) is 0 Å². The Morgan fingerprint density at radius 2 is 2.14 bits per heavy atom. The lowest BCUT2D eigenvalue weighted by Gasteiger charge is -2.16. The van der Waals surface area contributed by atoms with Crippen molar-refractivity contribution in [1.29, 1.82) is 0 Å². The van der Waals surface area contributed by atoms with E-state index in [0.29, 0.717) is 23.7 Å². The van der Waals surface area contributed by atoms with Gasteiger partial charge in [-0.2, -0.15) is 0 Å². The topological polar surface area (TPSA) is 12.0 Å². The fourth-order valence-electron chi connectivity index (χ4n) is 1.64. The molecule has 0 saturated heterocycles. The number of alkyl halides is 2. The molecule has 0 radical (unpaired) electrons. The van der Waals surface area contributed by atoms with Gasteiger partial charge in [0.05, 0.1) is 0 Å². The highest BCUT2D eigenvalue weighted by atomic mass is 35.5. The van der Waals surface area contributed by atoms with E-state index >= 15 is 0 Å². The van der Waals surface area contributed by atoms with Crippen LogP contribution < -0.4 is 5.32 Å². The maximum absolute atomic E-state index is 13.5. The van der Waals surface area contributed by atoms with E-state index in [1.165, 1.54) is 6.07 Å². The van der Waals surface area contributed by atoms with E-state index in [4.69, 9.17) is 11.6 Å². The van der Waals surface area contributed by atoms with Crippen molar-refractivity contribution in [3.05, 3.63) is 28.8 Å². The summed E-state index contributed by atoms with van der Waals surface area (Å²) < 4.78 is 27.1. The molecule has 1 heterocycles. The maximum Gasteiger partial charge on any atom is 0.275 e. The lowest BCUT2D eigenvalue weighted by molar-refractivity contribution is -0.0120. The van der Waals surface area contributed by atoms with Crippen LogP contribution in [0.4, 0.5) is 14.5 Å². The SMILES string of the molecule is FC1(F)CCCNc2ccc(Cl)cc21. The third-order valence-corrected chi connectivity index (χ3v) is 2.59. The summed E-state index contributed by atoms with van der Waals surface area (Å²) in [6, 6.07) is 4.57. The number of hydrogen-bond acceptors (Lipinski definition) is 1. The summed E-state index contributed by atoms with van der Waals surface area (Å²) in [5, 5.41) is 3.32. The minimum atomic E-state index is -2.76. The molecule has 1 aliphatic rings. The Kier molecular flexibility index (Phi) is 2.35. The first-order valence-electron chi connectivity index (χ1n) is 4.51.